The number of halogens is 1. The number of nitrogens with zero attached hydrogens (tertiary/aromatic N) is 3. The van der Waals surface area contributed by atoms with Gasteiger partial charge in [-0.2, -0.15) is 0 Å². The molecule has 2 saturated heterocycles. The molecule has 4 unspecified atom stereocenters. The molecule has 5 atom stereocenters. The first kappa shape index (κ1) is 21.9. The van der Waals surface area contributed by atoms with E-state index in [1.165, 1.54) is 19.3 Å². The minimum absolute atomic E-state index is 0.0894. The Bertz CT molecular complexity index is 878. The van der Waals surface area contributed by atoms with Gasteiger partial charge in [-0.1, -0.05) is 26.2 Å². The van der Waals surface area contributed by atoms with Crippen LogP contribution in [0.5, 0.6) is 0 Å². The molecule has 1 aliphatic carbocycles. The molecule has 1 aromatic rings. The van der Waals surface area contributed by atoms with Crippen molar-refractivity contribution in [2.24, 2.45) is 22.7 Å². The number of hydrogen-bond acceptors (Lipinski definition) is 5. The van der Waals surface area contributed by atoms with Gasteiger partial charge in [0.2, 0.25) is 11.9 Å². The van der Waals surface area contributed by atoms with Crippen LogP contribution < -0.4 is 10.7 Å². The molecule has 1 amide bonds. The molecule has 4 heterocycles. The van der Waals surface area contributed by atoms with Crippen molar-refractivity contribution in [2.45, 2.75) is 82.8 Å². The molecule has 1 saturated carbocycles. The van der Waals surface area contributed by atoms with Crippen LogP contribution in [0, 0.1) is 17.8 Å². The Morgan fingerprint density at radius 1 is 1.34 bits per heavy atom. The van der Waals surface area contributed by atoms with Crippen LogP contribution in [0.3, 0.4) is 0 Å². The van der Waals surface area contributed by atoms with Crippen molar-refractivity contribution in [3.8, 4) is 0 Å². The Morgan fingerprint density at radius 2 is 2.19 bits per heavy atom. The van der Waals surface area contributed by atoms with Gasteiger partial charge in [-0.05, 0) is 38.5 Å². The third kappa shape index (κ3) is 4.30. The lowest BCUT2D eigenvalue weighted by Crippen LogP contribution is -2.52. The van der Waals surface area contributed by atoms with Gasteiger partial charge in [0.05, 0.1) is 36.2 Å². The maximum absolute atomic E-state index is 15.6. The highest BCUT2D eigenvalue weighted by Gasteiger charge is 2.45. The molecule has 0 bridgehead atoms. The number of nitrogens with one attached hydrogen (secondary N) is 2. The van der Waals surface area contributed by atoms with Crippen LogP contribution in [-0.2, 0) is 9.53 Å². The lowest BCUT2D eigenvalue weighted by atomic mass is 9.78. The molecular formula is C24H36FN5O2. The Hall–Kier alpha value is -1.96. The van der Waals surface area contributed by atoms with Crippen LogP contribution >= 0.6 is 0 Å². The molecule has 0 spiro atoms. The van der Waals surface area contributed by atoms with E-state index in [1.54, 1.807) is 6.92 Å². The fraction of sp³-hybridized carbons (Fsp3) is 0.792. The lowest BCUT2D eigenvalue weighted by Gasteiger charge is -2.40. The van der Waals surface area contributed by atoms with Gasteiger partial charge in [-0.25, -0.2) is 19.0 Å². The van der Waals surface area contributed by atoms with Gasteiger partial charge in [-0.15, -0.1) is 0 Å². The molecule has 4 aliphatic rings. The smallest absolute Gasteiger partial charge is 0.248 e. The van der Waals surface area contributed by atoms with Crippen molar-refractivity contribution >= 4 is 17.6 Å². The predicted molar refractivity (Wildman–Crippen MR) is 122 cm³/mol. The summed E-state index contributed by atoms with van der Waals surface area (Å²) in [6.07, 6.45) is 9.95. The van der Waals surface area contributed by atoms with E-state index >= 15 is 4.39 Å². The molecule has 176 valence electrons. The second-order valence-electron chi connectivity index (χ2n) is 10.5. The quantitative estimate of drug-likeness (QED) is 0.697. The Kier molecular flexibility index (Phi) is 5.99. The topological polar surface area (TPSA) is 80.5 Å². The number of fused-ring (bicyclic) bond motifs is 1. The van der Waals surface area contributed by atoms with Crippen molar-refractivity contribution in [3.05, 3.63) is 11.9 Å². The number of amides is 1. The van der Waals surface area contributed by atoms with Crippen molar-refractivity contribution in [1.29, 1.82) is 0 Å². The minimum atomic E-state index is -1.39. The first-order valence-corrected chi connectivity index (χ1v) is 12.4. The highest BCUT2D eigenvalue weighted by Crippen LogP contribution is 2.38. The highest BCUT2D eigenvalue weighted by molar-refractivity contribution is 5.96. The van der Waals surface area contributed by atoms with E-state index in [0.717, 1.165) is 43.1 Å². The van der Waals surface area contributed by atoms with Gasteiger partial charge in [0, 0.05) is 31.4 Å². The molecule has 3 fully saturated rings. The van der Waals surface area contributed by atoms with Gasteiger partial charge >= 0.3 is 0 Å². The van der Waals surface area contributed by atoms with E-state index in [9.17, 15) is 4.79 Å². The first-order valence-electron chi connectivity index (χ1n) is 12.4. The number of piperidine rings is 1. The molecule has 32 heavy (non-hydrogen) atoms. The zero-order chi connectivity index (χ0) is 22.3. The number of carbonyl (C=O) groups is 1. The van der Waals surface area contributed by atoms with Gasteiger partial charge < -0.3 is 15.5 Å². The summed E-state index contributed by atoms with van der Waals surface area (Å²) in [5.74, 6) is 1.31. The van der Waals surface area contributed by atoms with E-state index in [1.807, 2.05) is 10.9 Å². The molecule has 8 heteroatoms. The Morgan fingerprint density at radius 3 is 2.91 bits per heavy atom. The third-order valence-corrected chi connectivity index (χ3v) is 8.03. The van der Waals surface area contributed by atoms with Crippen LogP contribution in [-0.4, -0.2) is 52.7 Å². The summed E-state index contributed by atoms with van der Waals surface area (Å²) >= 11 is 0. The summed E-state index contributed by atoms with van der Waals surface area (Å²) in [4.78, 5) is 22.2. The number of hydrogen-bond donors (Lipinski definition) is 2. The van der Waals surface area contributed by atoms with E-state index in [-0.39, 0.29) is 17.9 Å². The number of aromatic nitrogens is 2. The molecule has 5 rings (SSSR count). The standard InChI is InChI=1S/C24H36FN5O2/c1-15(11-16-5-3-6-16)20-13-30-23(27-20)28-21(18-14-32-10-8-24(18,2)25)19(29-30)12-17-7-4-9-26-22(17)31/h13,15-19,29H,3-12,14H2,1-2H3,(H,26,31)/t15?,17-,18?,19?,24?/m1/s1. The Balaban J connectivity index is 1.42. The molecular weight excluding hydrogens is 409 g/mol. The fourth-order valence-electron chi connectivity index (χ4n) is 5.63. The molecule has 1 aromatic heterocycles. The van der Waals surface area contributed by atoms with Crippen LogP contribution in [0.1, 0.15) is 76.8 Å². The van der Waals surface area contributed by atoms with Crippen LogP contribution in [0.2, 0.25) is 0 Å². The van der Waals surface area contributed by atoms with Gasteiger partial charge in [0.1, 0.15) is 5.67 Å². The normalized spacial score (nSPS) is 34.0. The van der Waals surface area contributed by atoms with Crippen LogP contribution in [0.15, 0.2) is 11.2 Å². The molecule has 0 aromatic carbocycles. The van der Waals surface area contributed by atoms with Crippen molar-refractivity contribution in [1.82, 2.24) is 15.0 Å². The molecule has 7 nitrogen and oxygen atoms in total. The second-order valence-corrected chi connectivity index (χ2v) is 10.5. The highest BCUT2D eigenvalue weighted by atomic mass is 19.1. The largest absolute Gasteiger partial charge is 0.381 e. The van der Waals surface area contributed by atoms with Crippen LogP contribution in [0.25, 0.3) is 0 Å². The number of imidazole rings is 1. The number of carbonyl (C=O) groups excluding carboxylic acids is 1. The number of rotatable bonds is 6. The summed E-state index contributed by atoms with van der Waals surface area (Å²) in [5, 5.41) is 2.98. The molecule has 3 aliphatic heterocycles. The zero-order valence-electron chi connectivity index (χ0n) is 19.3. The summed E-state index contributed by atoms with van der Waals surface area (Å²) in [6, 6.07) is -0.220. The van der Waals surface area contributed by atoms with E-state index in [2.05, 4.69) is 17.7 Å². The lowest BCUT2D eigenvalue weighted by molar-refractivity contribution is -0.126. The Labute approximate surface area is 189 Å². The number of alkyl halides is 1. The van der Waals surface area contributed by atoms with Gasteiger partial charge in [0.25, 0.3) is 0 Å². The zero-order valence-corrected chi connectivity index (χ0v) is 19.3. The minimum Gasteiger partial charge on any atom is -0.381 e. The maximum atomic E-state index is 15.6. The number of aliphatic imine (C=N–C) groups is 1. The predicted octanol–water partition coefficient (Wildman–Crippen LogP) is 3.86. The van der Waals surface area contributed by atoms with Crippen molar-refractivity contribution in [2.75, 3.05) is 25.2 Å². The first-order chi connectivity index (χ1) is 15.4. The van der Waals surface area contributed by atoms with E-state index in [4.69, 9.17) is 14.7 Å². The SMILES string of the molecule is CC(CC1CCC1)c1cn2c(n1)N=C(C1COCCC1(C)F)C(C[C@H]1CCCNC1=O)N2. The van der Waals surface area contributed by atoms with Crippen molar-refractivity contribution < 1.29 is 13.9 Å². The van der Waals surface area contributed by atoms with E-state index in [0.29, 0.717) is 37.9 Å². The monoisotopic (exact) mass is 445 g/mol. The molecule has 0 radical (unpaired) electrons. The summed E-state index contributed by atoms with van der Waals surface area (Å²) in [6.45, 7) is 5.36. The van der Waals surface area contributed by atoms with Gasteiger partial charge in [-0.3, -0.25) is 4.79 Å². The van der Waals surface area contributed by atoms with Crippen LogP contribution in [0.4, 0.5) is 10.3 Å². The second kappa shape index (κ2) is 8.76. The third-order valence-electron chi connectivity index (χ3n) is 8.03. The summed E-state index contributed by atoms with van der Waals surface area (Å²) in [5.41, 5.74) is 3.91. The summed E-state index contributed by atoms with van der Waals surface area (Å²) in [7, 11) is 0. The van der Waals surface area contributed by atoms with E-state index < -0.39 is 11.6 Å². The maximum Gasteiger partial charge on any atom is 0.248 e. The number of ether oxygens (including phenoxy) is 1. The fourth-order valence-corrected chi connectivity index (χ4v) is 5.63. The average Bonchev–Trinajstić information content (AvgIpc) is 3.14. The van der Waals surface area contributed by atoms with Crippen molar-refractivity contribution in [3.63, 3.8) is 0 Å². The summed E-state index contributed by atoms with van der Waals surface area (Å²) < 4.78 is 23.1. The average molecular weight is 446 g/mol. The van der Waals surface area contributed by atoms with Gasteiger partial charge in [0.15, 0.2) is 0 Å². The molecule has 2 N–H and O–H groups in total.